The Balaban J connectivity index is 0. The molecule has 2 rings (SSSR count). The van der Waals surface area contributed by atoms with Gasteiger partial charge in [0.25, 0.3) is 0 Å². The first-order chi connectivity index (χ1) is 6.75. The summed E-state index contributed by atoms with van der Waals surface area (Å²) in [6, 6.07) is 3.78. The molecule has 1 fully saturated rings. The zero-order valence-corrected chi connectivity index (χ0v) is 10.5. The smallest absolute Gasteiger partial charge is 0.138 e. The molecule has 0 atom stereocenters. The van der Waals surface area contributed by atoms with Crippen LogP contribution in [0.2, 0.25) is 0 Å². The number of hydrogen-bond acceptors (Lipinski definition) is 4. The van der Waals surface area contributed by atoms with Crippen molar-refractivity contribution in [3.63, 3.8) is 0 Å². The first kappa shape index (κ1) is 18.6. The van der Waals surface area contributed by atoms with Crippen LogP contribution in [0.25, 0.3) is 0 Å². The number of anilines is 1. The van der Waals surface area contributed by atoms with Crippen LogP contribution in [0.3, 0.4) is 0 Å². The van der Waals surface area contributed by atoms with E-state index in [0.29, 0.717) is 24.1 Å². The van der Waals surface area contributed by atoms with Gasteiger partial charge in [-0.05, 0) is 25.0 Å². The van der Waals surface area contributed by atoms with Gasteiger partial charge < -0.3 is 16.2 Å². The quantitative estimate of drug-likeness (QED) is 0.796. The van der Waals surface area contributed by atoms with Gasteiger partial charge in [-0.1, -0.05) is 13.8 Å². The molecular formula is C11H21Cl2N3O. The lowest BCUT2D eigenvalue weighted by molar-refractivity contribution is 0.334. The Morgan fingerprint density at radius 2 is 2.00 bits per heavy atom. The molecule has 1 aliphatic carbocycles. The molecule has 0 radical (unpaired) electrons. The zero-order valence-electron chi connectivity index (χ0n) is 8.85. The minimum atomic E-state index is 0. The Morgan fingerprint density at radius 1 is 1.35 bits per heavy atom. The van der Waals surface area contributed by atoms with E-state index in [9.17, 15) is 5.11 Å². The third kappa shape index (κ3) is 4.98. The summed E-state index contributed by atoms with van der Waals surface area (Å²) in [5.74, 6) is 0.666. The summed E-state index contributed by atoms with van der Waals surface area (Å²) in [7, 11) is 0. The van der Waals surface area contributed by atoms with Gasteiger partial charge in [0, 0.05) is 12.6 Å². The van der Waals surface area contributed by atoms with E-state index >= 15 is 0 Å². The number of nitrogens with one attached hydrogen (secondary N) is 1. The fourth-order valence-corrected chi connectivity index (χ4v) is 1.49. The van der Waals surface area contributed by atoms with E-state index in [1.165, 1.54) is 19.3 Å². The normalized spacial score (nSPS) is 13.6. The number of rotatable bonds is 3. The Bertz CT molecular complexity index is 332. The van der Waals surface area contributed by atoms with E-state index in [0.717, 1.165) is 0 Å². The van der Waals surface area contributed by atoms with Crippen LogP contribution in [0.1, 0.15) is 32.4 Å². The predicted octanol–water partition coefficient (Wildman–Crippen LogP) is 2.49. The number of nitrogens with zero attached hydrogens (tertiary/aromatic N) is 1. The third-order valence-corrected chi connectivity index (χ3v) is 2.64. The Morgan fingerprint density at radius 3 is 2.53 bits per heavy atom. The number of aromatic nitrogens is 1. The minimum Gasteiger partial charge on any atom is -0.506 e. The SMILES string of the molecule is C.Cl.Cl.Nc1ccc(O)c(CNC2CCC2)n1. The first-order valence-corrected chi connectivity index (χ1v) is 4.93. The molecule has 6 heteroatoms. The lowest BCUT2D eigenvalue weighted by Crippen LogP contribution is -2.34. The fourth-order valence-electron chi connectivity index (χ4n) is 1.49. The van der Waals surface area contributed by atoms with E-state index in [2.05, 4.69) is 10.3 Å². The molecule has 1 aromatic rings. The molecule has 0 bridgehead atoms. The Hall–Kier alpha value is -0.710. The minimum absolute atomic E-state index is 0. The molecule has 4 N–H and O–H groups in total. The van der Waals surface area contributed by atoms with E-state index in [4.69, 9.17) is 5.73 Å². The molecule has 0 amide bonds. The summed E-state index contributed by atoms with van der Waals surface area (Å²) in [6.07, 6.45) is 3.75. The Kier molecular flexibility index (Phi) is 9.21. The molecule has 1 aliphatic rings. The second-order valence-corrected chi connectivity index (χ2v) is 3.71. The van der Waals surface area contributed by atoms with Gasteiger partial charge in [-0.15, -0.1) is 24.8 Å². The van der Waals surface area contributed by atoms with Crippen LogP contribution in [0.5, 0.6) is 5.75 Å². The summed E-state index contributed by atoms with van der Waals surface area (Å²) >= 11 is 0. The summed E-state index contributed by atoms with van der Waals surface area (Å²) in [5, 5.41) is 12.8. The van der Waals surface area contributed by atoms with Crippen molar-refractivity contribution in [3.8, 4) is 5.75 Å². The van der Waals surface area contributed by atoms with Crippen LogP contribution >= 0.6 is 24.8 Å². The van der Waals surface area contributed by atoms with Crippen molar-refractivity contribution in [1.29, 1.82) is 0 Å². The highest BCUT2D eigenvalue weighted by Gasteiger charge is 2.17. The van der Waals surface area contributed by atoms with E-state index in [1.54, 1.807) is 12.1 Å². The summed E-state index contributed by atoms with van der Waals surface area (Å²) in [4.78, 5) is 4.07. The van der Waals surface area contributed by atoms with Gasteiger partial charge in [0.2, 0.25) is 0 Å². The average molecular weight is 282 g/mol. The summed E-state index contributed by atoms with van der Waals surface area (Å²) < 4.78 is 0. The standard InChI is InChI=1S/C10H15N3O.CH4.2ClH/c11-10-5-4-9(14)8(13-10)6-12-7-2-1-3-7;;;/h4-5,7,12,14H,1-3,6H2,(H2,11,13);1H4;2*1H. The predicted molar refractivity (Wildman–Crippen MR) is 76.0 cm³/mol. The lowest BCUT2D eigenvalue weighted by atomic mass is 9.93. The zero-order chi connectivity index (χ0) is 9.97. The van der Waals surface area contributed by atoms with Gasteiger partial charge in [-0.3, -0.25) is 0 Å². The average Bonchev–Trinajstić information content (AvgIpc) is 2.08. The molecule has 17 heavy (non-hydrogen) atoms. The third-order valence-electron chi connectivity index (χ3n) is 2.64. The molecular weight excluding hydrogens is 261 g/mol. The highest BCUT2D eigenvalue weighted by atomic mass is 35.5. The van der Waals surface area contributed by atoms with Gasteiger partial charge in [-0.25, -0.2) is 4.98 Å². The first-order valence-electron chi connectivity index (χ1n) is 4.93. The number of nitrogens with two attached hydrogens (primary N) is 1. The van der Waals surface area contributed by atoms with E-state index in [1.807, 2.05) is 0 Å². The van der Waals surface area contributed by atoms with Crippen molar-refractivity contribution in [2.45, 2.75) is 39.3 Å². The van der Waals surface area contributed by atoms with Crippen LogP contribution in [0.15, 0.2) is 12.1 Å². The lowest BCUT2D eigenvalue weighted by Gasteiger charge is -2.26. The van der Waals surface area contributed by atoms with Crippen LogP contribution in [-0.2, 0) is 6.54 Å². The molecule has 100 valence electrons. The number of hydrogen-bond donors (Lipinski definition) is 3. The second-order valence-electron chi connectivity index (χ2n) is 3.71. The van der Waals surface area contributed by atoms with Crippen molar-refractivity contribution < 1.29 is 5.11 Å². The maximum absolute atomic E-state index is 9.48. The molecule has 0 unspecified atom stereocenters. The van der Waals surface area contributed by atoms with E-state index in [-0.39, 0.29) is 38.0 Å². The van der Waals surface area contributed by atoms with Crippen LogP contribution in [0, 0.1) is 0 Å². The number of pyridine rings is 1. The highest BCUT2D eigenvalue weighted by Crippen LogP contribution is 2.20. The van der Waals surface area contributed by atoms with Gasteiger partial charge in [0.15, 0.2) is 0 Å². The molecule has 1 heterocycles. The van der Waals surface area contributed by atoms with Crippen molar-refractivity contribution in [2.24, 2.45) is 0 Å². The molecule has 0 aromatic carbocycles. The van der Waals surface area contributed by atoms with Crippen LogP contribution in [0.4, 0.5) is 5.82 Å². The topological polar surface area (TPSA) is 71.2 Å². The monoisotopic (exact) mass is 281 g/mol. The number of halogens is 2. The molecule has 0 spiro atoms. The van der Waals surface area contributed by atoms with Gasteiger partial charge >= 0.3 is 0 Å². The molecule has 1 saturated carbocycles. The molecule has 0 saturated heterocycles. The van der Waals surface area contributed by atoms with Gasteiger partial charge in [0.1, 0.15) is 11.6 Å². The highest BCUT2D eigenvalue weighted by molar-refractivity contribution is 5.85. The largest absolute Gasteiger partial charge is 0.506 e. The van der Waals surface area contributed by atoms with Crippen LogP contribution in [-0.4, -0.2) is 16.1 Å². The number of aromatic hydroxyl groups is 1. The molecule has 0 aliphatic heterocycles. The fraction of sp³-hybridized carbons (Fsp3) is 0.545. The number of nitrogen functional groups attached to an aromatic ring is 1. The van der Waals surface area contributed by atoms with Crippen LogP contribution < -0.4 is 11.1 Å². The van der Waals surface area contributed by atoms with Gasteiger partial charge in [-0.2, -0.15) is 0 Å². The molecule has 4 nitrogen and oxygen atoms in total. The second kappa shape index (κ2) is 8.39. The Labute approximate surface area is 115 Å². The van der Waals surface area contributed by atoms with Crippen molar-refractivity contribution in [3.05, 3.63) is 17.8 Å². The summed E-state index contributed by atoms with van der Waals surface area (Å²) in [6.45, 7) is 0.599. The summed E-state index contributed by atoms with van der Waals surface area (Å²) in [5.41, 5.74) is 6.17. The van der Waals surface area contributed by atoms with Crippen molar-refractivity contribution in [2.75, 3.05) is 5.73 Å². The maximum Gasteiger partial charge on any atom is 0.138 e. The molecule has 1 aromatic heterocycles. The van der Waals surface area contributed by atoms with Gasteiger partial charge in [0.05, 0.1) is 5.69 Å². The van der Waals surface area contributed by atoms with E-state index < -0.39 is 0 Å². The maximum atomic E-state index is 9.48. The van der Waals surface area contributed by atoms with Crippen molar-refractivity contribution >= 4 is 30.6 Å². The van der Waals surface area contributed by atoms with Crippen molar-refractivity contribution in [1.82, 2.24) is 10.3 Å².